The summed E-state index contributed by atoms with van der Waals surface area (Å²) in [5.41, 5.74) is 5.22. The maximum atomic E-state index is 11.7. The molecule has 0 saturated carbocycles. The Morgan fingerprint density at radius 3 is 1.43 bits per heavy atom. The van der Waals surface area contributed by atoms with Gasteiger partial charge in [-0.25, -0.2) is 9.59 Å². The number of oxime groups is 2. The van der Waals surface area contributed by atoms with Crippen LogP contribution in [-0.4, -0.2) is 39.4 Å². The van der Waals surface area contributed by atoms with Crippen molar-refractivity contribution in [3.05, 3.63) is 106 Å². The number of carbonyl (C=O) groups is 2. The van der Waals surface area contributed by atoms with E-state index < -0.39 is 11.9 Å². The third-order valence-electron chi connectivity index (χ3n) is 7.26. The zero-order chi connectivity index (χ0) is 33.3. The summed E-state index contributed by atoms with van der Waals surface area (Å²) < 4.78 is 2.26. The van der Waals surface area contributed by atoms with Gasteiger partial charge in [0, 0.05) is 97.5 Å². The van der Waals surface area contributed by atoms with Crippen molar-refractivity contribution in [1.29, 1.82) is 0 Å². The van der Waals surface area contributed by atoms with Crippen LogP contribution in [0.25, 0.3) is 21.8 Å². The zero-order valence-electron chi connectivity index (χ0n) is 26.2. The fraction of sp³-hybridized carbons (Fsp3) is 0.222. The van der Waals surface area contributed by atoms with E-state index in [0.29, 0.717) is 34.3 Å². The molecule has 0 bridgehead atoms. The van der Waals surface area contributed by atoms with Gasteiger partial charge in [-0.15, -0.1) is 23.5 Å². The zero-order valence-corrected chi connectivity index (χ0v) is 29.3. The summed E-state index contributed by atoms with van der Waals surface area (Å²) in [6.07, 6.45) is 1.16. The molecule has 4 aromatic carbocycles. The van der Waals surface area contributed by atoms with E-state index in [1.165, 1.54) is 13.8 Å². The minimum atomic E-state index is -0.477. The average Bonchev–Trinajstić information content (AvgIpc) is 3.38. The number of carbonyl (C=O) groups excluding carboxylic acids is 2. The van der Waals surface area contributed by atoms with Gasteiger partial charge in [-0.1, -0.05) is 45.6 Å². The minimum absolute atomic E-state index is 0.477. The summed E-state index contributed by atoms with van der Waals surface area (Å²) in [4.78, 5) is 35.8. The summed E-state index contributed by atoms with van der Waals surface area (Å²) in [5.74, 6) is 0.500. The number of benzene rings is 4. The first-order chi connectivity index (χ1) is 22.7. The van der Waals surface area contributed by atoms with Gasteiger partial charge >= 0.3 is 11.9 Å². The molecular formula is C36H33Cl2N3O4S2. The molecule has 0 saturated heterocycles. The molecular weight excluding hydrogens is 673 g/mol. The molecule has 11 heteroatoms. The highest BCUT2D eigenvalue weighted by Crippen LogP contribution is 2.32. The van der Waals surface area contributed by atoms with Crippen LogP contribution in [0, 0.1) is 0 Å². The van der Waals surface area contributed by atoms with Gasteiger partial charge in [0.25, 0.3) is 0 Å². The maximum Gasteiger partial charge on any atom is 0.331 e. The molecule has 5 rings (SSSR count). The van der Waals surface area contributed by atoms with Gasteiger partial charge in [-0.3, -0.25) is 0 Å². The van der Waals surface area contributed by atoms with Crippen molar-refractivity contribution in [2.75, 3.05) is 11.5 Å². The second-order valence-corrected chi connectivity index (χ2v) is 13.8. The Bertz CT molecular complexity index is 1820. The highest BCUT2D eigenvalue weighted by Gasteiger charge is 2.16. The Morgan fingerprint density at radius 1 is 0.660 bits per heavy atom. The summed E-state index contributed by atoms with van der Waals surface area (Å²) >= 11 is 15.4. The lowest BCUT2D eigenvalue weighted by Gasteiger charge is -2.08. The lowest BCUT2D eigenvalue weighted by molar-refractivity contribution is -0.141. The lowest BCUT2D eigenvalue weighted by Crippen LogP contribution is -2.06. The number of halogens is 2. The summed E-state index contributed by atoms with van der Waals surface area (Å²) in [6.45, 7) is 5.57. The van der Waals surface area contributed by atoms with E-state index in [0.717, 1.165) is 60.8 Å². The SMILES string of the molecule is CCn1c2ccc(C(CCSc3ccc(Cl)cc3)=NOC(C)=O)cc2c2cc(C(CCSc3ccc(Cl)cc3)=NOC(C)=O)ccc21. The average molecular weight is 707 g/mol. The van der Waals surface area contributed by atoms with Gasteiger partial charge in [-0.2, -0.15) is 0 Å². The number of hydrogen-bond acceptors (Lipinski definition) is 8. The second kappa shape index (κ2) is 16.4. The molecule has 0 aliphatic carbocycles. The predicted octanol–water partition coefficient (Wildman–Crippen LogP) is 10.0. The smallest absolute Gasteiger partial charge is 0.331 e. The van der Waals surface area contributed by atoms with Gasteiger partial charge in [0.15, 0.2) is 0 Å². The Kier molecular flexibility index (Phi) is 12.0. The summed E-state index contributed by atoms with van der Waals surface area (Å²) in [6, 6.07) is 27.8. The topological polar surface area (TPSA) is 82.2 Å². The number of aryl methyl sites for hydroxylation is 1. The van der Waals surface area contributed by atoms with E-state index in [2.05, 4.69) is 46.1 Å². The fourth-order valence-corrected chi connectivity index (χ4v) is 7.09. The standard InChI is InChI=1S/C36H33Cl2N3O4S2/c1-4-41-35-15-5-25(33(39-44-23(2)42)17-19-46-29-11-7-27(37)8-12-29)21-31(35)32-22-26(6-16-36(32)41)34(40-45-24(3)43)18-20-47-30-13-9-28(38)10-14-30/h5-16,21-22H,4,17-20H2,1-3H3. The number of aromatic nitrogens is 1. The molecule has 0 N–H and O–H groups in total. The molecule has 0 amide bonds. The maximum absolute atomic E-state index is 11.7. The number of fused-ring (bicyclic) bond motifs is 3. The number of rotatable bonds is 13. The summed E-state index contributed by atoms with van der Waals surface area (Å²) in [5, 5.41) is 11.9. The monoisotopic (exact) mass is 705 g/mol. The highest BCUT2D eigenvalue weighted by molar-refractivity contribution is 7.99. The van der Waals surface area contributed by atoms with Crippen molar-refractivity contribution >= 4 is 91.9 Å². The van der Waals surface area contributed by atoms with E-state index >= 15 is 0 Å². The van der Waals surface area contributed by atoms with Crippen LogP contribution >= 0.6 is 46.7 Å². The Hall–Kier alpha value is -3.76. The van der Waals surface area contributed by atoms with E-state index in [1.807, 2.05) is 60.7 Å². The van der Waals surface area contributed by atoms with E-state index in [1.54, 1.807) is 23.5 Å². The Labute approximate surface area is 292 Å². The summed E-state index contributed by atoms with van der Waals surface area (Å²) in [7, 11) is 0. The Balaban J connectivity index is 1.47. The minimum Gasteiger partial charge on any atom is -0.341 e. The van der Waals surface area contributed by atoms with Crippen molar-refractivity contribution in [1.82, 2.24) is 4.57 Å². The molecule has 0 unspecified atom stereocenters. The van der Waals surface area contributed by atoms with E-state index in [-0.39, 0.29) is 0 Å². The molecule has 0 fully saturated rings. The normalized spacial score (nSPS) is 12.1. The van der Waals surface area contributed by atoms with Gasteiger partial charge < -0.3 is 14.2 Å². The van der Waals surface area contributed by atoms with Gasteiger partial charge in [0.05, 0.1) is 11.4 Å². The van der Waals surface area contributed by atoms with Crippen molar-refractivity contribution < 1.29 is 19.3 Å². The van der Waals surface area contributed by atoms with Gasteiger partial charge in [0.2, 0.25) is 0 Å². The first-order valence-electron chi connectivity index (χ1n) is 15.0. The van der Waals surface area contributed by atoms with Crippen LogP contribution < -0.4 is 0 Å². The number of nitrogens with zero attached hydrogens (tertiary/aromatic N) is 3. The second-order valence-electron chi connectivity index (χ2n) is 10.6. The number of thioether (sulfide) groups is 2. The van der Waals surface area contributed by atoms with Crippen LogP contribution in [0.5, 0.6) is 0 Å². The van der Waals surface area contributed by atoms with Crippen LogP contribution in [0.4, 0.5) is 0 Å². The van der Waals surface area contributed by atoms with Crippen molar-refractivity contribution in [3.8, 4) is 0 Å². The van der Waals surface area contributed by atoms with Crippen LogP contribution in [0.15, 0.2) is 105 Å². The molecule has 1 heterocycles. The lowest BCUT2D eigenvalue weighted by atomic mass is 10.0. The highest BCUT2D eigenvalue weighted by atomic mass is 35.5. The molecule has 0 aliphatic heterocycles. The van der Waals surface area contributed by atoms with E-state index in [4.69, 9.17) is 32.9 Å². The third kappa shape index (κ3) is 9.20. The van der Waals surface area contributed by atoms with E-state index in [9.17, 15) is 9.59 Å². The van der Waals surface area contributed by atoms with Gasteiger partial charge in [-0.05, 0) is 79.7 Å². The molecule has 0 radical (unpaired) electrons. The predicted molar refractivity (Wildman–Crippen MR) is 195 cm³/mol. The van der Waals surface area contributed by atoms with Gasteiger partial charge in [0.1, 0.15) is 0 Å². The molecule has 5 aromatic rings. The van der Waals surface area contributed by atoms with Crippen LogP contribution in [0.2, 0.25) is 10.0 Å². The fourth-order valence-electron chi connectivity index (χ4n) is 5.12. The third-order valence-corrected chi connectivity index (χ3v) is 9.79. The van der Waals surface area contributed by atoms with Crippen LogP contribution in [0.1, 0.15) is 44.7 Å². The molecule has 7 nitrogen and oxygen atoms in total. The molecule has 0 aliphatic rings. The Morgan fingerprint density at radius 2 is 1.06 bits per heavy atom. The first-order valence-corrected chi connectivity index (χ1v) is 17.8. The first kappa shape index (κ1) is 34.6. The molecule has 0 spiro atoms. The molecule has 0 atom stereocenters. The number of hydrogen-bond donors (Lipinski definition) is 0. The molecule has 242 valence electrons. The van der Waals surface area contributed by atoms with Crippen LogP contribution in [-0.2, 0) is 25.8 Å². The molecule has 1 aromatic heterocycles. The van der Waals surface area contributed by atoms with Crippen LogP contribution in [0.3, 0.4) is 0 Å². The van der Waals surface area contributed by atoms with Crippen molar-refractivity contribution in [2.24, 2.45) is 10.3 Å². The largest absolute Gasteiger partial charge is 0.341 e. The molecule has 47 heavy (non-hydrogen) atoms. The quantitative estimate of drug-likeness (QED) is 0.0525. The van der Waals surface area contributed by atoms with Crippen molar-refractivity contribution in [2.45, 2.75) is 49.9 Å². The van der Waals surface area contributed by atoms with Crippen molar-refractivity contribution in [3.63, 3.8) is 0 Å².